The molecule has 4 nitrogen and oxygen atoms in total. The van der Waals surface area contributed by atoms with E-state index in [9.17, 15) is 9.59 Å². The molecule has 4 heteroatoms. The lowest BCUT2D eigenvalue weighted by molar-refractivity contribution is -0.114. The van der Waals surface area contributed by atoms with Gasteiger partial charge >= 0.3 is 0 Å². The number of nitrogens with zero attached hydrogens (tertiary/aromatic N) is 1. The summed E-state index contributed by atoms with van der Waals surface area (Å²) in [6.45, 7) is 2.07. The zero-order valence-corrected chi connectivity index (χ0v) is 10.1. The van der Waals surface area contributed by atoms with Crippen LogP contribution in [-0.2, 0) is 9.53 Å². The Morgan fingerprint density at radius 1 is 1.28 bits per heavy atom. The van der Waals surface area contributed by atoms with Crippen molar-refractivity contribution in [3.63, 3.8) is 0 Å². The number of carbonyl (C=O) groups is 2. The second-order valence-electron chi connectivity index (χ2n) is 4.85. The third-order valence-corrected chi connectivity index (χ3v) is 3.57. The summed E-state index contributed by atoms with van der Waals surface area (Å²) in [6.07, 6.45) is 2.09. The first-order valence-electron chi connectivity index (χ1n) is 6.30. The van der Waals surface area contributed by atoms with Crippen molar-refractivity contribution in [2.45, 2.75) is 12.8 Å². The van der Waals surface area contributed by atoms with Gasteiger partial charge in [0, 0.05) is 19.1 Å². The molecule has 94 valence electrons. The monoisotopic (exact) mass is 245 g/mol. The van der Waals surface area contributed by atoms with Gasteiger partial charge < -0.3 is 9.64 Å². The van der Waals surface area contributed by atoms with Crippen molar-refractivity contribution in [1.82, 2.24) is 0 Å². The van der Waals surface area contributed by atoms with Gasteiger partial charge in [-0.05, 0) is 25.0 Å². The van der Waals surface area contributed by atoms with Crippen LogP contribution in [0.25, 0.3) is 0 Å². The number of anilines is 1. The standard InChI is InChI=1S/C14H15NO3/c16-13-11-5-1-2-6-12(11)15(14(13)17)8-10-4-3-7-18-9-10/h1-2,5-6,10H,3-4,7-9H2. The molecule has 1 aromatic carbocycles. The predicted molar refractivity (Wildman–Crippen MR) is 66.7 cm³/mol. The number of benzene rings is 1. The second kappa shape index (κ2) is 4.53. The van der Waals surface area contributed by atoms with Crippen LogP contribution >= 0.6 is 0 Å². The van der Waals surface area contributed by atoms with E-state index in [1.807, 2.05) is 12.1 Å². The second-order valence-corrected chi connectivity index (χ2v) is 4.85. The number of para-hydroxylation sites is 1. The molecule has 0 N–H and O–H groups in total. The molecule has 1 fully saturated rings. The molecule has 1 aromatic rings. The van der Waals surface area contributed by atoms with Crippen LogP contribution in [0.4, 0.5) is 5.69 Å². The Kier molecular flexibility index (Phi) is 2.88. The van der Waals surface area contributed by atoms with Crippen LogP contribution in [0.3, 0.4) is 0 Å². The largest absolute Gasteiger partial charge is 0.381 e. The third kappa shape index (κ3) is 1.82. The highest BCUT2D eigenvalue weighted by atomic mass is 16.5. The summed E-state index contributed by atoms with van der Waals surface area (Å²) in [6, 6.07) is 7.20. The van der Waals surface area contributed by atoms with E-state index in [1.165, 1.54) is 0 Å². The Hall–Kier alpha value is -1.68. The Balaban J connectivity index is 1.83. The summed E-state index contributed by atoms with van der Waals surface area (Å²) in [5.74, 6) is -0.453. The van der Waals surface area contributed by atoms with Crippen molar-refractivity contribution in [3.05, 3.63) is 29.8 Å². The van der Waals surface area contributed by atoms with Gasteiger partial charge in [0.1, 0.15) is 0 Å². The number of amides is 1. The minimum absolute atomic E-state index is 0.335. The molecule has 0 saturated carbocycles. The third-order valence-electron chi connectivity index (χ3n) is 3.57. The first kappa shape index (κ1) is 11.4. The molecule has 0 aliphatic carbocycles. The summed E-state index contributed by atoms with van der Waals surface area (Å²) in [7, 11) is 0. The molecule has 1 atom stereocenters. The Morgan fingerprint density at radius 3 is 2.89 bits per heavy atom. The maximum Gasteiger partial charge on any atom is 0.299 e. The Morgan fingerprint density at radius 2 is 2.11 bits per heavy atom. The summed E-state index contributed by atoms with van der Waals surface area (Å²) in [4.78, 5) is 25.4. The molecule has 0 radical (unpaired) electrons. The maximum atomic E-state index is 12.0. The topological polar surface area (TPSA) is 46.6 Å². The van der Waals surface area contributed by atoms with E-state index in [4.69, 9.17) is 4.74 Å². The van der Waals surface area contributed by atoms with Gasteiger partial charge in [0.2, 0.25) is 0 Å². The fraction of sp³-hybridized carbons (Fsp3) is 0.429. The zero-order valence-electron chi connectivity index (χ0n) is 10.1. The van der Waals surface area contributed by atoms with Crippen LogP contribution in [-0.4, -0.2) is 31.4 Å². The van der Waals surface area contributed by atoms with Crippen LogP contribution in [0.1, 0.15) is 23.2 Å². The van der Waals surface area contributed by atoms with Crippen molar-refractivity contribution in [2.75, 3.05) is 24.7 Å². The molecule has 0 spiro atoms. The van der Waals surface area contributed by atoms with Gasteiger partial charge in [-0.15, -0.1) is 0 Å². The molecular weight excluding hydrogens is 230 g/mol. The lowest BCUT2D eigenvalue weighted by Gasteiger charge is -2.26. The fourth-order valence-corrected chi connectivity index (χ4v) is 2.64. The smallest absolute Gasteiger partial charge is 0.299 e. The molecule has 1 amide bonds. The number of carbonyl (C=O) groups excluding carboxylic acids is 2. The molecular formula is C14H15NO3. The molecule has 1 saturated heterocycles. The van der Waals surface area contributed by atoms with Crippen molar-refractivity contribution < 1.29 is 14.3 Å². The van der Waals surface area contributed by atoms with Crippen molar-refractivity contribution in [2.24, 2.45) is 5.92 Å². The maximum absolute atomic E-state index is 12.0. The molecule has 18 heavy (non-hydrogen) atoms. The van der Waals surface area contributed by atoms with E-state index >= 15 is 0 Å². The number of hydrogen-bond acceptors (Lipinski definition) is 3. The Bertz CT molecular complexity index is 492. The number of fused-ring (bicyclic) bond motifs is 1. The molecule has 0 aromatic heterocycles. The SMILES string of the molecule is O=C1C(=O)N(CC2CCCOC2)c2ccccc21. The quantitative estimate of drug-likeness (QED) is 0.744. The van der Waals surface area contributed by atoms with Gasteiger partial charge in [0.25, 0.3) is 11.7 Å². The van der Waals surface area contributed by atoms with Crippen LogP contribution < -0.4 is 4.90 Å². The number of ether oxygens (including phenoxy) is 1. The molecule has 3 rings (SSSR count). The average molecular weight is 245 g/mol. The minimum atomic E-state index is -0.401. The van der Waals surface area contributed by atoms with Crippen molar-refractivity contribution in [1.29, 1.82) is 0 Å². The van der Waals surface area contributed by atoms with Gasteiger partial charge in [-0.2, -0.15) is 0 Å². The lowest BCUT2D eigenvalue weighted by atomic mass is 10.0. The van der Waals surface area contributed by atoms with Crippen LogP contribution in [0.5, 0.6) is 0 Å². The summed E-state index contributed by atoms with van der Waals surface area (Å²) in [5, 5.41) is 0. The first-order chi connectivity index (χ1) is 8.77. The Labute approximate surface area is 106 Å². The van der Waals surface area contributed by atoms with E-state index in [1.54, 1.807) is 17.0 Å². The summed E-state index contributed by atoms with van der Waals surface area (Å²) >= 11 is 0. The molecule has 0 bridgehead atoms. The van der Waals surface area contributed by atoms with E-state index in [2.05, 4.69) is 0 Å². The highest BCUT2D eigenvalue weighted by Crippen LogP contribution is 2.30. The minimum Gasteiger partial charge on any atom is -0.381 e. The van der Waals surface area contributed by atoms with E-state index in [0.29, 0.717) is 24.6 Å². The van der Waals surface area contributed by atoms with Crippen molar-refractivity contribution in [3.8, 4) is 0 Å². The molecule has 2 aliphatic rings. The molecule has 2 aliphatic heterocycles. The van der Waals surface area contributed by atoms with Crippen LogP contribution in [0.2, 0.25) is 0 Å². The highest BCUT2D eigenvalue weighted by Gasteiger charge is 2.36. The molecule has 1 unspecified atom stereocenters. The van der Waals surface area contributed by atoms with Crippen LogP contribution in [0.15, 0.2) is 24.3 Å². The first-order valence-corrected chi connectivity index (χ1v) is 6.30. The highest BCUT2D eigenvalue weighted by molar-refractivity contribution is 6.52. The molecule has 2 heterocycles. The van der Waals surface area contributed by atoms with Gasteiger partial charge in [-0.25, -0.2) is 0 Å². The van der Waals surface area contributed by atoms with Crippen molar-refractivity contribution >= 4 is 17.4 Å². The lowest BCUT2D eigenvalue weighted by Crippen LogP contribution is -2.37. The average Bonchev–Trinajstić information content (AvgIpc) is 2.66. The number of hydrogen-bond donors (Lipinski definition) is 0. The zero-order chi connectivity index (χ0) is 12.5. The van der Waals surface area contributed by atoms with Gasteiger partial charge in [-0.3, -0.25) is 9.59 Å². The number of ketones is 1. The fourth-order valence-electron chi connectivity index (χ4n) is 2.64. The summed E-state index contributed by atoms with van der Waals surface area (Å²) in [5.41, 5.74) is 1.28. The van der Waals surface area contributed by atoms with Gasteiger partial charge in [-0.1, -0.05) is 12.1 Å². The predicted octanol–water partition coefficient (Wildman–Crippen LogP) is 1.64. The van der Waals surface area contributed by atoms with E-state index in [0.717, 1.165) is 25.1 Å². The van der Waals surface area contributed by atoms with E-state index < -0.39 is 5.91 Å². The number of rotatable bonds is 2. The van der Waals surface area contributed by atoms with Crippen LogP contribution in [0, 0.1) is 5.92 Å². The van der Waals surface area contributed by atoms with Gasteiger partial charge in [0.05, 0.1) is 17.9 Å². The normalized spacial score (nSPS) is 23.3. The van der Waals surface area contributed by atoms with Gasteiger partial charge in [0.15, 0.2) is 0 Å². The van der Waals surface area contributed by atoms with E-state index in [-0.39, 0.29) is 5.78 Å². The number of Topliss-reactive ketones (excluding diaryl/α,β-unsaturated/α-hetero) is 1. The summed E-state index contributed by atoms with van der Waals surface area (Å²) < 4.78 is 5.42.